The van der Waals surface area contributed by atoms with Crippen molar-refractivity contribution in [1.82, 2.24) is 5.32 Å². The van der Waals surface area contributed by atoms with E-state index in [1.54, 1.807) is 0 Å². The smallest absolute Gasteiger partial charge is 0.258 e. The quantitative estimate of drug-likeness (QED) is 0.757. The SMILES string of the molecule is Cc1ccc([C@@H](C)NC(=O)COc2cccc3ccccc23)cc1. The average molecular weight is 319 g/mol. The van der Waals surface area contributed by atoms with Gasteiger partial charge < -0.3 is 10.1 Å². The van der Waals surface area contributed by atoms with E-state index in [1.165, 1.54) is 5.56 Å². The first-order chi connectivity index (χ1) is 11.6. The van der Waals surface area contributed by atoms with E-state index in [0.717, 1.165) is 22.1 Å². The molecule has 3 nitrogen and oxygen atoms in total. The lowest BCUT2D eigenvalue weighted by atomic mass is 10.1. The molecule has 0 aliphatic rings. The molecule has 1 amide bonds. The highest BCUT2D eigenvalue weighted by Crippen LogP contribution is 2.25. The van der Waals surface area contributed by atoms with Gasteiger partial charge >= 0.3 is 0 Å². The predicted octanol–water partition coefficient (Wildman–Crippen LogP) is 4.40. The maximum absolute atomic E-state index is 12.2. The summed E-state index contributed by atoms with van der Waals surface area (Å²) in [7, 11) is 0. The number of nitrogens with one attached hydrogen (secondary N) is 1. The molecule has 0 unspecified atom stereocenters. The van der Waals surface area contributed by atoms with Gasteiger partial charge in [0.2, 0.25) is 0 Å². The highest BCUT2D eigenvalue weighted by atomic mass is 16.5. The Morgan fingerprint density at radius 1 is 1.00 bits per heavy atom. The van der Waals surface area contributed by atoms with Crippen molar-refractivity contribution in [3.8, 4) is 5.75 Å². The minimum absolute atomic E-state index is 0.00418. The second-order valence-electron chi connectivity index (χ2n) is 5.97. The van der Waals surface area contributed by atoms with Crippen molar-refractivity contribution in [2.24, 2.45) is 0 Å². The van der Waals surface area contributed by atoms with Crippen LogP contribution in [0.3, 0.4) is 0 Å². The first kappa shape index (κ1) is 16.1. The molecular weight excluding hydrogens is 298 g/mol. The van der Waals surface area contributed by atoms with E-state index in [2.05, 4.69) is 5.32 Å². The topological polar surface area (TPSA) is 38.3 Å². The molecule has 122 valence electrons. The van der Waals surface area contributed by atoms with Gasteiger partial charge in [-0.25, -0.2) is 0 Å². The molecule has 0 aliphatic carbocycles. The van der Waals surface area contributed by atoms with Gasteiger partial charge in [0, 0.05) is 5.39 Å². The summed E-state index contributed by atoms with van der Waals surface area (Å²) in [6, 6.07) is 21.9. The third-order valence-electron chi connectivity index (χ3n) is 4.06. The summed E-state index contributed by atoms with van der Waals surface area (Å²) in [5, 5.41) is 5.08. The standard InChI is InChI=1S/C21H21NO2/c1-15-10-12-17(13-11-15)16(2)22-21(23)14-24-20-9-5-7-18-6-3-4-8-19(18)20/h3-13,16H,14H2,1-2H3,(H,22,23)/t16-/m1/s1. The third kappa shape index (κ3) is 3.74. The number of fused-ring (bicyclic) bond motifs is 1. The van der Waals surface area contributed by atoms with Crippen LogP contribution in [-0.4, -0.2) is 12.5 Å². The van der Waals surface area contributed by atoms with Crippen LogP contribution in [0.4, 0.5) is 0 Å². The number of carbonyl (C=O) groups is 1. The molecule has 3 aromatic carbocycles. The van der Waals surface area contributed by atoms with E-state index < -0.39 is 0 Å². The van der Waals surface area contributed by atoms with Crippen molar-refractivity contribution in [3.05, 3.63) is 77.9 Å². The third-order valence-corrected chi connectivity index (χ3v) is 4.06. The number of carbonyl (C=O) groups excluding carboxylic acids is 1. The molecule has 0 aliphatic heterocycles. The van der Waals surface area contributed by atoms with E-state index in [4.69, 9.17) is 4.74 Å². The highest BCUT2D eigenvalue weighted by molar-refractivity contribution is 5.88. The van der Waals surface area contributed by atoms with Gasteiger partial charge in [-0.15, -0.1) is 0 Å². The molecule has 0 saturated carbocycles. The summed E-state index contributed by atoms with van der Waals surface area (Å²) in [5.74, 6) is 0.599. The lowest BCUT2D eigenvalue weighted by Crippen LogP contribution is -2.31. The normalized spacial score (nSPS) is 11.9. The lowest BCUT2D eigenvalue weighted by Gasteiger charge is -2.15. The van der Waals surface area contributed by atoms with Crippen molar-refractivity contribution in [3.63, 3.8) is 0 Å². The molecule has 0 saturated heterocycles. The largest absolute Gasteiger partial charge is 0.483 e. The van der Waals surface area contributed by atoms with Crippen LogP contribution in [0.15, 0.2) is 66.7 Å². The fourth-order valence-electron chi connectivity index (χ4n) is 2.69. The molecule has 0 radical (unpaired) electrons. The molecule has 1 N–H and O–H groups in total. The molecule has 0 fully saturated rings. The Morgan fingerprint density at radius 2 is 1.71 bits per heavy atom. The Kier molecular flexibility index (Phi) is 4.80. The van der Waals surface area contributed by atoms with Crippen LogP contribution < -0.4 is 10.1 Å². The number of hydrogen-bond donors (Lipinski definition) is 1. The van der Waals surface area contributed by atoms with Crippen LogP contribution in [0.25, 0.3) is 10.8 Å². The van der Waals surface area contributed by atoms with E-state index >= 15 is 0 Å². The molecule has 0 spiro atoms. The van der Waals surface area contributed by atoms with Crippen molar-refractivity contribution < 1.29 is 9.53 Å². The molecule has 3 rings (SSSR count). The molecule has 0 aromatic heterocycles. The first-order valence-corrected chi connectivity index (χ1v) is 8.10. The highest BCUT2D eigenvalue weighted by Gasteiger charge is 2.10. The van der Waals surface area contributed by atoms with E-state index in [0.29, 0.717) is 0 Å². The van der Waals surface area contributed by atoms with Gasteiger partial charge in [-0.2, -0.15) is 0 Å². The van der Waals surface area contributed by atoms with Gasteiger partial charge in [0.05, 0.1) is 6.04 Å². The van der Waals surface area contributed by atoms with Crippen LogP contribution >= 0.6 is 0 Å². The number of benzene rings is 3. The summed E-state index contributed by atoms with van der Waals surface area (Å²) < 4.78 is 5.72. The zero-order chi connectivity index (χ0) is 16.9. The first-order valence-electron chi connectivity index (χ1n) is 8.10. The van der Waals surface area contributed by atoms with E-state index in [1.807, 2.05) is 80.6 Å². The minimum atomic E-state index is -0.129. The molecule has 3 heteroatoms. The average Bonchev–Trinajstić information content (AvgIpc) is 2.60. The Balaban J connectivity index is 1.62. The lowest BCUT2D eigenvalue weighted by molar-refractivity contribution is -0.123. The Morgan fingerprint density at radius 3 is 2.50 bits per heavy atom. The number of hydrogen-bond acceptors (Lipinski definition) is 2. The van der Waals surface area contributed by atoms with Gasteiger partial charge in [0.15, 0.2) is 6.61 Å². The van der Waals surface area contributed by atoms with Crippen LogP contribution in [0.5, 0.6) is 5.75 Å². The molecule has 0 heterocycles. The molecular formula is C21H21NO2. The summed E-state index contributed by atoms with van der Waals surface area (Å²) in [4.78, 5) is 12.2. The Labute approximate surface area is 142 Å². The van der Waals surface area contributed by atoms with Gasteiger partial charge in [-0.3, -0.25) is 4.79 Å². The van der Waals surface area contributed by atoms with Gasteiger partial charge in [-0.05, 0) is 30.9 Å². The molecule has 1 atom stereocenters. The Bertz CT molecular complexity index is 835. The van der Waals surface area contributed by atoms with Crippen molar-refractivity contribution >= 4 is 16.7 Å². The monoisotopic (exact) mass is 319 g/mol. The number of aryl methyl sites for hydroxylation is 1. The van der Waals surface area contributed by atoms with Crippen LogP contribution in [0, 0.1) is 6.92 Å². The zero-order valence-corrected chi connectivity index (χ0v) is 14.0. The molecule has 0 bridgehead atoms. The summed E-state index contributed by atoms with van der Waals surface area (Å²) in [5.41, 5.74) is 2.29. The number of rotatable bonds is 5. The van der Waals surface area contributed by atoms with Crippen LogP contribution in [-0.2, 0) is 4.79 Å². The van der Waals surface area contributed by atoms with Crippen molar-refractivity contribution in [2.75, 3.05) is 6.61 Å². The second-order valence-corrected chi connectivity index (χ2v) is 5.97. The van der Waals surface area contributed by atoms with Crippen LogP contribution in [0.2, 0.25) is 0 Å². The van der Waals surface area contributed by atoms with Crippen molar-refractivity contribution in [2.45, 2.75) is 19.9 Å². The van der Waals surface area contributed by atoms with Crippen LogP contribution in [0.1, 0.15) is 24.1 Å². The molecule has 24 heavy (non-hydrogen) atoms. The van der Waals surface area contributed by atoms with Gasteiger partial charge in [0.1, 0.15) is 5.75 Å². The fourth-order valence-corrected chi connectivity index (χ4v) is 2.69. The van der Waals surface area contributed by atoms with Crippen molar-refractivity contribution in [1.29, 1.82) is 0 Å². The van der Waals surface area contributed by atoms with Gasteiger partial charge in [-0.1, -0.05) is 66.2 Å². The minimum Gasteiger partial charge on any atom is -0.483 e. The maximum atomic E-state index is 12.2. The summed E-state index contributed by atoms with van der Waals surface area (Å²) in [6.45, 7) is 4.02. The summed E-state index contributed by atoms with van der Waals surface area (Å²) >= 11 is 0. The summed E-state index contributed by atoms with van der Waals surface area (Å²) in [6.07, 6.45) is 0. The fraction of sp³-hybridized carbons (Fsp3) is 0.190. The second kappa shape index (κ2) is 7.18. The number of ether oxygens (including phenoxy) is 1. The van der Waals surface area contributed by atoms with E-state index in [-0.39, 0.29) is 18.6 Å². The van der Waals surface area contributed by atoms with Gasteiger partial charge in [0.25, 0.3) is 5.91 Å². The maximum Gasteiger partial charge on any atom is 0.258 e. The predicted molar refractivity (Wildman–Crippen MR) is 97.2 cm³/mol. The molecule has 3 aromatic rings. The Hall–Kier alpha value is -2.81. The zero-order valence-electron chi connectivity index (χ0n) is 14.0. The van der Waals surface area contributed by atoms with E-state index in [9.17, 15) is 4.79 Å². The number of amides is 1.